The molecule has 0 spiro atoms. The van der Waals surface area contributed by atoms with Crippen LogP contribution in [0, 0.1) is 5.92 Å². The highest BCUT2D eigenvalue weighted by Crippen LogP contribution is 2.36. The summed E-state index contributed by atoms with van der Waals surface area (Å²) in [5.74, 6) is 0.451. The molecule has 3 nitrogen and oxygen atoms in total. The van der Waals surface area contributed by atoms with Crippen molar-refractivity contribution in [2.45, 2.75) is 18.2 Å². The van der Waals surface area contributed by atoms with Gasteiger partial charge in [0.05, 0.1) is 18.4 Å². The van der Waals surface area contributed by atoms with Gasteiger partial charge in [0.15, 0.2) is 0 Å². The lowest BCUT2D eigenvalue weighted by Gasteiger charge is -2.16. The van der Waals surface area contributed by atoms with Gasteiger partial charge in [-0.2, -0.15) is 0 Å². The maximum Gasteiger partial charge on any atom is 0.228 e. The Kier molecular flexibility index (Phi) is 2.81. The fraction of sp³-hybridized carbons (Fsp3) is 0.462. The number of carbonyl (C=O) groups excluding carboxylic acids is 1. The lowest BCUT2D eigenvalue weighted by Crippen LogP contribution is -2.07. The maximum absolute atomic E-state index is 11.3. The fourth-order valence-corrected chi connectivity index (χ4v) is 2.81. The van der Waals surface area contributed by atoms with Crippen molar-refractivity contribution in [1.82, 2.24) is 0 Å². The molecule has 2 aliphatic rings. The number of halogens is 1. The number of carbonyl (C=O) groups is 1. The fourth-order valence-electron chi connectivity index (χ4n) is 2.48. The number of hydrogen-bond donors (Lipinski definition) is 1. The van der Waals surface area contributed by atoms with E-state index in [2.05, 4.69) is 5.32 Å². The standard InChI is InChI=1S/C13H14ClNO2/c14-13(9-3-4-17-7-9)8-1-2-11-10(5-8)6-12(16)15-11/h1-2,5,9,13H,3-4,6-7H2,(H,15,16). The highest BCUT2D eigenvalue weighted by Gasteiger charge is 2.27. The highest BCUT2D eigenvalue weighted by atomic mass is 35.5. The van der Waals surface area contributed by atoms with Crippen molar-refractivity contribution in [1.29, 1.82) is 0 Å². The second-order valence-corrected chi connectivity index (χ2v) is 5.14. The number of anilines is 1. The van der Waals surface area contributed by atoms with Gasteiger partial charge in [-0.3, -0.25) is 4.79 Å². The van der Waals surface area contributed by atoms with Crippen LogP contribution in [0.2, 0.25) is 0 Å². The van der Waals surface area contributed by atoms with Gasteiger partial charge >= 0.3 is 0 Å². The van der Waals surface area contributed by atoms with Crippen molar-refractivity contribution < 1.29 is 9.53 Å². The van der Waals surface area contributed by atoms with Crippen molar-refractivity contribution >= 4 is 23.2 Å². The van der Waals surface area contributed by atoms with Gasteiger partial charge in [-0.15, -0.1) is 11.6 Å². The second-order valence-electron chi connectivity index (χ2n) is 4.67. The minimum atomic E-state index is -0.0153. The summed E-state index contributed by atoms with van der Waals surface area (Å²) in [6, 6.07) is 5.99. The topological polar surface area (TPSA) is 38.3 Å². The van der Waals surface area contributed by atoms with Crippen LogP contribution in [0.3, 0.4) is 0 Å². The molecule has 0 aromatic heterocycles. The monoisotopic (exact) mass is 251 g/mol. The molecule has 0 radical (unpaired) electrons. The zero-order chi connectivity index (χ0) is 11.8. The lowest BCUT2D eigenvalue weighted by molar-refractivity contribution is -0.115. The predicted molar refractivity (Wildman–Crippen MR) is 66.3 cm³/mol. The number of rotatable bonds is 2. The van der Waals surface area contributed by atoms with Gasteiger partial charge in [0.25, 0.3) is 0 Å². The van der Waals surface area contributed by atoms with E-state index >= 15 is 0 Å². The summed E-state index contributed by atoms with van der Waals surface area (Å²) in [6.07, 6.45) is 1.48. The Morgan fingerprint density at radius 3 is 3.12 bits per heavy atom. The molecule has 1 saturated heterocycles. The number of benzene rings is 1. The predicted octanol–water partition coefficient (Wildman–Crippen LogP) is 2.50. The van der Waals surface area contributed by atoms with E-state index in [-0.39, 0.29) is 11.3 Å². The van der Waals surface area contributed by atoms with E-state index in [1.54, 1.807) is 0 Å². The molecule has 2 unspecified atom stereocenters. The second kappa shape index (κ2) is 4.31. The summed E-state index contributed by atoms with van der Waals surface area (Å²) < 4.78 is 5.36. The van der Waals surface area contributed by atoms with Gasteiger partial charge < -0.3 is 10.1 Å². The van der Waals surface area contributed by atoms with Gasteiger partial charge in [-0.25, -0.2) is 0 Å². The first-order valence-corrected chi connectivity index (χ1v) is 6.32. The molecule has 1 N–H and O–H groups in total. The molecule has 1 aromatic carbocycles. The summed E-state index contributed by atoms with van der Waals surface area (Å²) in [4.78, 5) is 11.3. The van der Waals surface area contributed by atoms with Crippen molar-refractivity contribution in [2.24, 2.45) is 5.92 Å². The van der Waals surface area contributed by atoms with Crippen LogP contribution in [0.4, 0.5) is 5.69 Å². The molecule has 0 bridgehead atoms. The van der Waals surface area contributed by atoms with Crippen LogP contribution >= 0.6 is 11.6 Å². The summed E-state index contributed by atoms with van der Waals surface area (Å²) in [5.41, 5.74) is 3.07. The van der Waals surface area contributed by atoms with E-state index < -0.39 is 0 Å². The average molecular weight is 252 g/mol. The van der Waals surface area contributed by atoms with E-state index in [1.807, 2.05) is 18.2 Å². The molecule has 0 aliphatic carbocycles. The van der Waals surface area contributed by atoms with E-state index in [1.165, 1.54) is 0 Å². The van der Waals surface area contributed by atoms with E-state index in [9.17, 15) is 4.79 Å². The van der Waals surface area contributed by atoms with Crippen LogP contribution in [-0.4, -0.2) is 19.1 Å². The maximum atomic E-state index is 11.3. The van der Waals surface area contributed by atoms with Gasteiger partial charge in [0, 0.05) is 18.2 Å². The van der Waals surface area contributed by atoms with Crippen molar-refractivity contribution in [3.63, 3.8) is 0 Å². The Hall–Kier alpha value is -1.06. The summed E-state index contributed by atoms with van der Waals surface area (Å²) in [6.45, 7) is 1.54. The first-order valence-electron chi connectivity index (χ1n) is 5.88. The van der Waals surface area contributed by atoms with Crippen molar-refractivity contribution in [2.75, 3.05) is 18.5 Å². The number of amides is 1. The minimum absolute atomic E-state index is 0.0153. The molecule has 3 rings (SSSR count). The van der Waals surface area contributed by atoms with Gasteiger partial charge in [0.2, 0.25) is 5.91 Å². The smallest absolute Gasteiger partial charge is 0.228 e. The molecule has 4 heteroatoms. The van der Waals surface area contributed by atoms with Gasteiger partial charge in [-0.05, 0) is 23.6 Å². The van der Waals surface area contributed by atoms with Crippen LogP contribution in [0.5, 0.6) is 0 Å². The molecule has 1 amide bonds. The third-order valence-electron chi connectivity index (χ3n) is 3.45. The Balaban J connectivity index is 1.84. The zero-order valence-corrected chi connectivity index (χ0v) is 10.2. The van der Waals surface area contributed by atoms with Crippen LogP contribution < -0.4 is 5.32 Å². The largest absolute Gasteiger partial charge is 0.381 e. The average Bonchev–Trinajstić information content (AvgIpc) is 2.94. The van der Waals surface area contributed by atoms with E-state index in [0.717, 1.165) is 36.4 Å². The van der Waals surface area contributed by atoms with E-state index in [4.69, 9.17) is 16.3 Å². The third kappa shape index (κ3) is 2.05. The Bertz CT molecular complexity index is 455. The molecule has 17 heavy (non-hydrogen) atoms. The molecule has 0 saturated carbocycles. The summed E-state index contributed by atoms with van der Waals surface area (Å²) >= 11 is 6.47. The van der Waals surface area contributed by atoms with Crippen LogP contribution in [0.25, 0.3) is 0 Å². The number of fused-ring (bicyclic) bond motifs is 1. The Morgan fingerprint density at radius 1 is 1.47 bits per heavy atom. The molecular weight excluding hydrogens is 238 g/mol. The molecule has 1 fully saturated rings. The summed E-state index contributed by atoms with van der Waals surface area (Å²) in [5, 5.41) is 2.81. The lowest BCUT2D eigenvalue weighted by atomic mass is 9.96. The van der Waals surface area contributed by atoms with Gasteiger partial charge in [-0.1, -0.05) is 12.1 Å². The number of ether oxygens (including phenoxy) is 1. The van der Waals surface area contributed by atoms with Gasteiger partial charge in [0.1, 0.15) is 0 Å². The first kappa shape index (κ1) is 11.1. The van der Waals surface area contributed by atoms with Crippen LogP contribution in [0.15, 0.2) is 18.2 Å². The molecule has 90 valence electrons. The van der Waals surface area contributed by atoms with Crippen LogP contribution in [-0.2, 0) is 16.0 Å². The molecule has 2 aliphatic heterocycles. The van der Waals surface area contributed by atoms with E-state index in [0.29, 0.717) is 12.3 Å². The molecule has 2 heterocycles. The molecule has 1 aromatic rings. The third-order valence-corrected chi connectivity index (χ3v) is 4.06. The SMILES string of the molecule is O=C1Cc2cc(C(Cl)C3CCOC3)ccc2N1. The number of hydrogen-bond acceptors (Lipinski definition) is 2. The Morgan fingerprint density at radius 2 is 2.35 bits per heavy atom. The molecule has 2 atom stereocenters. The quantitative estimate of drug-likeness (QED) is 0.821. The van der Waals surface area contributed by atoms with Crippen molar-refractivity contribution in [3.8, 4) is 0 Å². The zero-order valence-electron chi connectivity index (χ0n) is 9.41. The Labute approximate surface area is 105 Å². The minimum Gasteiger partial charge on any atom is -0.381 e. The normalized spacial score (nSPS) is 24.5. The van der Waals surface area contributed by atoms with Crippen molar-refractivity contribution in [3.05, 3.63) is 29.3 Å². The first-order chi connectivity index (χ1) is 8.24. The number of alkyl halides is 1. The number of nitrogens with one attached hydrogen (secondary N) is 1. The highest BCUT2D eigenvalue weighted by molar-refractivity contribution is 6.21. The molecular formula is C13H14ClNO2. The van der Waals surface area contributed by atoms with Crippen LogP contribution in [0.1, 0.15) is 22.9 Å². The summed E-state index contributed by atoms with van der Waals surface area (Å²) in [7, 11) is 0.